The summed E-state index contributed by atoms with van der Waals surface area (Å²) in [5.74, 6) is 0. The van der Waals surface area contributed by atoms with Gasteiger partial charge in [0.1, 0.15) is 42.7 Å². The van der Waals surface area contributed by atoms with E-state index in [1.807, 2.05) is 0 Å². The van der Waals surface area contributed by atoms with Crippen molar-refractivity contribution >= 4 is 15.6 Å². The Kier molecular flexibility index (Phi) is 8.12. The van der Waals surface area contributed by atoms with E-state index in [0.717, 1.165) is 0 Å². The molecule has 0 aromatic heterocycles. The van der Waals surface area contributed by atoms with Gasteiger partial charge in [-0.25, -0.2) is 9.13 Å². The number of ether oxygens (including phenoxy) is 3. The van der Waals surface area contributed by atoms with Crippen molar-refractivity contribution in [3.8, 4) is 0 Å². The van der Waals surface area contributed by atoms with Gasteiger partial charge in [0.2, 0.25) is 0 Å². The largest absolute Gasteiger partial charge is 0.470 e. The second-order valence-corrected chi connectivity index (χ2v) is 8.44. The van der Waals surface area contributed by atoms with Gasteiger partial charge in [-0.1, -0.05) is 0 Å². The lowest BCUT2D eigenvalue weighted by molar-refractivity contribution is -0.313. The third-order valence-corrected chi connectivity index (χ3v) is 5.05. The number of aliphatic hydroxyl groups excluding tert-OH is 4. The van der Waals surface area contributed by atoms with Crippen LogP contribution in [-0.2, 0) is 32.4 Å². The Morgan fingerprint density at radius 3 is 1.89 bits per heavy atom. The third kappa shape index (κ3) is 6.22. The van der Waals surface area contributed by atoms with Crippen molar-refractivity contribution in [3.05, 3.63) is 0 Å². The van der Waals surface area contributed by atoms with Gasteiger partial charge in [0, 0.05) is 0 Å². The van der Waals surface area contributed by atoms with Crippen LogP contribution in [0.5, 0.6) is 0 Å². The van der Waals surface area contributed by atoms with Crippen LogP contribution in [0.3, 0.4) is 0 Å². The zero-order valence-corrected chi connectivity index (χ0v) is 15.9. The van der Waals surface area contributed by atoms with Crippen LogP contribution < -0.4 is 0 Å². The summed E-state index contributed by atoms with van der Waals surface area (Å²) in [4.78, 5) is 36.1. The molecule has 2 heterocycles. The lowest BCUT2D eigenvalue weighted by Gasteiger charge is -2.44. The molecule has 8 N–H and O–H groups in total. The second-order valence-electron chi connectivity index (χ2n) is 6.06. The van der Waals surface area contributed by atoms with Crippen LogP contribution in [0.4, 0.5) is 0 Å². The maximum atomic E-state index is 11.2. The molecular formula is C11H22O15P2. The maximum absolute atomic E-state index is 11.2. The number of hydrogen-bond donors (Lipinski definition) is 8. The number of aliphatic hydroxyl groups is 4. The highest BCUT2D eigenvalue weighted by Crippen LogP contribution is 2.47. The molecule has 0 aliphatic carbocycles. The fourth-order valence-corrected chi connectivity index (χ4v) is 4.00. The van der Waals surface area contributed by atoms with Gasteiger partial charge in [0.15, 0.2) is 6.29 Å². The summed E-state index contributed by atoms with van der Waals surface area (Å²) >= 11 is 0. The van der Waals surface area contributed by atoms with Crippen molar-refractivity contribution in [2.45, 2.75) is 49.0 Å². The van der Waals surface area contributed by atoms with Gasteiger partial charge in [-0.3, -0.25) is 9.05 Å². The molecule has 2 rings (SSSR count). The molecule has 0 amide bonds. The van der Waals surface area contributed by atoms with E-state index in [-0.39, 0.29) is 6.61 Å². The standard InChI is InChI=1S/C11H22O15P2/c12-1-5-8(4(14)3-22-5)24-11-7(15)10(26-28(19,20)21)9(6(2-13)23-11)25-27(16,17)18/h4-15H,1-3H2,(H2,16,17,18)(H2,19,20,21)/t4-,5+,6+,7+,8-,9+,10+,11-/m0/s1. The van der Waals surface area contributed by atoms with E-state index in [9.17, 15) is 29.6 Å². The van der Waals surface area contributed by atoms with Crippen molar-refractivity contribution in [2.24, 2.45) is 0 Å². The van der Waals surface area contributed by atoms with Crippen LogP contribution >= 0.6 is 15.6 Å². The maximum Gasteiger partial charge on any atom is 0.470 e. The van der Waals surface area contributed by atoms with E-state index in [1.165, 1.54) is 0 Å². The van der Waals surface area contributed by atoms with Crippen molar-refractivity contribution in [3.63, 3.8) is 0 Å². The molecule has 0 radical (unpaired) electrons. The molecule has 0 unspecified atom stereocenters. The minimum absolute atomic E-state index is 0.214. The Hall–Kier alpha value is -0.0600. The van der Waals surface area contributed by atoms with Crippen molar-refractivity contribution in [2.75, 3.05) is 19.8 Å². The smallest absolute Gasteiger partial charge is 0.394 e. The van der Waals surface area contributed by atoms with E-state index in [2.05, 4.69) is 9.05 Å². The van der Waals surface area contributed by atoms with Gasteiger partial charge in [0.25, 0.3) is 0 Å². The number of phosphoric ester groups is 2. The summed E-state index contributed by atoms with van der Waals surface area (Å²) in [7, 11) is -10.6. The molecule has 166 valence electrons. The fraction of sp³-hybridized carbons (Fsp3) is 1.00. The first-order valence-corrected chi connectivity index (χ1v) is 10.9. The summed E-state index contributed by atoms with van der Waals surface area (Å²) in [6.07, 6.45) is -13.1. The molecule has 2 fully saturated rings. The normalized spacial score (nSPS) is 40.0. The number of rotatable bonds is 8. The van der Waals surface area contributed by atoms with E-state index in [0.29, 0.717) is 0 Å². The van der Waals surface area contributed by atoms with E-state index in [4.69, 9.17) is 33.8 Å². The van der Waals surface area contributed by atoms with Gasteiger partial charge in [-0.2, -0.15) is 0 Å². The molecule has 28 heavy (non-hydrogen) atoms. The van der Waals surface area contributed by atoms with E-state index >= 15 is 0 Å². The third-order valence-electron chi connectivity index (χ3n) is 4.01. The SMILES string of the molecule is O=P(O)(O)O[C@@H]1[C@@H](O)[C@H](O[C@H]2[C@@H](O)CO[C@@H]2CO)O[C@H](CO)[C@H]1OP(=O)(O)O. The molecule has 0 aromatic rings. The van der Waals surface area contributed by atoms with Crippen LogP contribution in [0.1, 0.15) is 0 Å². The molecule has 2 aliphatic heterocycles. The Morgan fingerprint density at radius 2 is 1.39 bits per heavy atom. The van der Waals surface area contributed by atoms with Crippen molar-refractivity contribution < 1.29 is 72.4 Å². The molecule has 0 aromatic carbocycles. The lowest BCUT2D eigenvalue weighted by atomic mass is 9.99. The molecule has 8 atom stereocenters. The highest BCUT2D eigenvalue weighted by atomic mass is 31.2. The molecule has 2 aliphatic rings. The Morgan fingerprint density at radius 1 is 0.857 bits per heavy atom. The van der Waals surface area contributed by atoms with Crippen LogP contribution in [0.25, 0.3) is 0 Å². The average Bonchev–Trinajstić information content (AvgIpc) is 2.91. The summed E-state index contributed by atoms with van der Waals surface area (Å²) in [5.41, 5.74) is 0. The predicted octanol–water partition coefficient (Wildman–Crippen LogP) is -3.84. The summed E-state index contributed by atoms with van der Waals surface area (Å²) in [5, 5.41) is 38.9. The fourth-order valence-electron chi connectivity index (χ4n) is 2.87. The molecule has 0 bridgehead atoms. The van der Waals surface area contributed by atoms with Crippen LogP contribution in [0, 0.1) is 0 Å². The van der Waals surface area contributed by atoms with E-state index in [1.54, 1.807) is 0 Å². The molecule has 2 saturated heterocycles. The van der Waals surface area contributed by atoms with Gasteiger partial charge >= 0.3 is 15.6 Å². The zero-order chi connectivity index (χ0) is 21.3. The first kappa shape index (κ1) is 24.2. The number of hydrogen-bond acceptors (Lipinski definition) is 11. The minimum atomic E-state index is -5.30. The first-order chi connectivity index (χ1) is 12.9. The first-order valence-electron chi connectivity index (χ1n) is 7.84. The Labute approximate surface area is 157 Å². The average molecular weight is 456 g/mol. The molecule has 0 spiro atoms. The molecule has 17 heteroatoms. The van der Waals surface area contributed by atoms with Crippen LogP contribution in [0.2, 0.25) is 0 Å². The van der Waals surface area contributed by atoms with Gasteiger partial charge in [-0.05, 0) is 0 Å². The Bertz CT molecular complexity index is 605. The Balaban J connectivity index is 2.27. The van der Waals surface area contributed by atoms with Gasteiger partial charge in [0.05, 0.1) is 19.8 Å². The number of phosphoric acid groups is 2. The summed E-state index contributed by atoms with van der Waals surface area (Å²) in [6.45, 7) is -1.75. The van der Waals surface area contributed by atoms with Crippen molar-refractivity contribution in [1.29, 1.82) is 0 Å². The van der Waals surface area contributed by atoms with Gasteiger partial charge in [-0.15, -0.1) is 0 Å². The topological polar surface area (TPSA) is 242 Å². The summed E-state index contributed by atoms with van der Waals surface area (Å²) < 4.78 is 46.7. The van der Waals surface area contributed by atoms with E-state index < -0.39 is 77.9 Å². The zero-order valence-electron chi connectivity index (χ0n) is 14.1. The molecule has 15 nitrogen and oxygen atoms in total. The highest BCUT2D eigenvalue weighted by Gasteiger charge is 2.53. The molecule has 0 saturated carbocycles. The summed E-state index contributed by atoms with van der Waals surface area (Å²) in [6, 6.07) is 0. The predicted molar refractivity (Wildman–Crippen MR) is 83.3 cm³/mol. The second kappa shape index (κ2) is 9.39. The van der Waals surface area contributed by atoms with Crippen LogP contribution in [-0.4, -0.2) is 109 Å². The minimum Gasteiger partial charge on any atom is -0.394 e. The van der Waals surface area contributed by atoms with Crippen molar-refractivity contribution in [1.82, 2.24) is 0 Å². The quantitative estimate of drug-likeness (QED) is 0.163. The monoisotopic (exact) mass is 456 g/mol. The molecular weight excluding hydrogens is 434 g/mol. The van der Waals surface area contributed by atoms with Crippen LogP contribution in [0.15, 0.2) is 0 Å². The highest BCUT2D eigenvalue weighted by molar-refractivity contribution is 7.46. The van der Waals surface area contributed by atoms with Gasteiger partial charge < -0.3 is 54.2 Å². The lowest BCUT2D eigenvalue weighted by Crippen LogP contribution is -2.61.